The second-order valence-corrected chi connectivity index (χ2v) is 4.68. The average molecular weight is 258 g/mol. The van der Waals surface area contributed by atoms with Crippen molar-refractivity contribution in [3.63, 3.8) is 0 Å². The molecule has 0 bridgehead atoms. The van der Waals surface area contributed by atoms with Crippen molar-refractivity contribution in [2.75, 3.05) is 11.1 Å². The molecule has 0 aliphatic carbocycles. The van der Waals surface area contributed by atoms with Crippen LogP contribution in [-0.2, 0) is 4.79 Å². The van der Waals surface area contributed by atoms with Crippen LogP contribution in [0, 0.1) is 13.8 Å². The molecule has 1 heterocycles. The number of aromatic nitrogens is 2. The van der Waals surface area contributed by atoms with Crippen LogP contribution in [0.3, 0.4) is 0 Å². The number of carbonyl (C=O) groups is 1. The Morgan fingerprint density at radius 3 is 2.68 bits per heavy atom. The van der Waals surface area contributed by atoms with Crippen LogP contribution in [0.4, 0.5) is 11.4 Å². The average Bonchev–Trinajstić information content (AvgIpc) is 2.78. The zero-order valence-corrected chi connectivity index (χ0v) is 11.3. The van der Waals surface area contributed by atoms with Crippen LogP contribution < -0.4 is 11.1 Å². The van der Waals surface area contributed by atoms with Gasteiger partial charge in [-0.25, -0.2) is 0 Å². The van der Waals surface area contributed by atoms with E-state index in [9.17, 15) is 4.79 Å². The Bertz CT molecular complexity index is 603. The number of carbonyl (C=O) groups excluding carboxylic acids is 1. The predicted octanol–water partition coefficient (Wildman–Crippen LogP) is 2.28. The predicted molar refractivity (Wildman–Crippen MR) is 75.9 cm³/mol. The maximum Gasteiger partial charge on any atom is 0.248 e. The summed E-state index contributed by atoms with van der Waals surface area (Å²) in [5, 5.41) is 7.14. The van der Waals surface area contributed by atoms with E-state index < -0.39 is 0 Å². The van der Waals surface area contributed by atoms with Gasteiger partial charge in [-0.05, 0) is 50.6 Å². The Hall–Kier alpha value is -2.30. The summed E-state index contributed by atoms with van der Waals surface area (Å²) in [5.74, 6) is -0.101. The zero-order valence-electron chi connectivity index (χ0n) is 11.3. The number of nitrogen functional groups attached to an aromatic ring is 1. The number of anilines is 2. The quantitative estimate of drug-likeness (QED) is 0.829. The highest BCUT2D eigenvalue weighted by molar-refractivity contribution is 5.94. The van der Waals surface area contributed by atoms with E-state index in [1.54, 1.807) is 16.9 Å². The van der Waals surface area contributed by atoms with Crippen molar-refractivity contribution < 1.29 is 4.79 Å². The fourth-order valence-corrected chi connectivity index (χ4v) is 1.83. The summed E-state index contributed by atoms with van der Waals surface area (Å²) in [7, 11) is 0. The van der Waals surface area contributed by atoms with Crippen molar-refractivity contribution in [1.82, 2.24) is 9.78 Å². The summed E-state index contributed by atoms with van der Waals surface area (Å²) in [6, 6.07) is 6.93. The zero-order chi connectivity index (χ0) is 14.0. The number of nitrogens with one attached hydrogen (secondary N) is 1. The van der Waals surface area contributed by atoms with Gasteiger partial charge in [0.1, 0.15) is 6.04 Å². The van der Waals surface area contributed by atoms with Crippen molar-refractivity contribution in [3.05, 3.63) is 41.7 Å². The van der Waals surface area contributed by atoms with Crippen LogP contribution >= 0.6 is 0 Å². The molecule has 0 aliphatic heterocycles. The summed E-state index contributed by atoms with van der Waals surface area (Å²) in [6.07, 6.45) is 1.80. The third-order valence-electron chi connectivity index (χ3n) is 3.03. The van der Waals surface area contributed by atoms with Crippen molar-refractivity contribution >= 4 is 17.3 Å². The molecule has 1 amide bonds. The minimum absolute atomic E-state index is 0.101. The minimum atomic E-state index is -0.356. The molecule has 0 fully saturated rings. The van der Waals surface area contributed by atoms with Crippen LogP contribution in [0.1, 0.15) is 24.2 Å². The maximum atomic E-state index is 12.2. The molecule has 0 saturated carbocycles. The molecule has 0 saturated heterocycles. The van der Waals surface area contributed by atoms with Gasteiger partial charge < -0.3 is 11.1 Å². The lowest BCUT2D eigenvalue weighted by Crippen LogP contribution is -2.24. The lowest BCUT2D eigenvalue weighted by atomic mass is 10.1. The molecule has 5 nitrogen and oxygen atoms in total. The Balaban J connectivity index is 2.12. The number of hydrogen-bond donors (Lipinski definition) is 2. The molecule has 3 N–H and O–H groups in total. The third kappa shape index (κ3) is 2.93. The second-order valence-electron chi connectivity index (χ2n) is 4.68. The summed E-state index contributed by atoms with van der Waals surface area (Å²) < 4.78 is 1.65. The van der Waals surface area contributed by atoms with E-state index in [0.29, 0.717) is 5.69 Å². The van der Waals surface area contributed by atoms with Crippen molar-refractivity contribution in [3.8, 4) is 0 Å². The van der Waals surface area contributed by atoms with Gasteiger partial charge in [-0.15, -0.1) is 0 Å². The van der Waals surface area contributed by atoms with E-state index in [2.05, 4.69) is 10.4 Å². The van der Waals surface area contributed by atoms with Gasteiger partial charge in [0.25, 0.3) is 0 Å². The topological polar surface area (TPSA) is 72.9 Å². The van der Waals surface area contributed by atoms with E-state index in [0.717, 1.165) is 16.9 Å². The van der Waals surface area contributed by atoms with Gasteiger partial charge in [0.15, 0.2) is 0 Å². The van der Waals surface area contributed by atoms with E-state index in [4.69, 9.17) is 5.73 Å². The molecular formula is C14H18N4O. The van der Waals surface area contributed by atoms with Gasteiger partial charge >= 0.3 is 0 Å². The van der Waals surface area contributed by atoms with E-state index in [1.807, 2.05) is 39.0 Å². The number of benzene rings is 1. The largest absolute Gasteiger partial charge is 0.399 e. The van der Waals surface area contributed by atoms with Gasteiger partial charge in [0.2, 0.25) is 5.91 Å². The van der Waals surface area contributed by atoms with Crippen LogP contribution in [0.25, 0.3) is 0 Å². The van der Waals surface area contributed by atoms with E-state index >= 15 is 0 Å². The van der Waals surface area contributed by atoms with Crippen molar-refractivity contribution in [1.29, 1.82) is 0 Å². The van der Waals surface area contributed by atoms with Crippen LogP contribution in [-0.4, -0.2) is 15.7 Å². The molecule has 1 aromatic carbocycles. The van der Waals surface area contributed by atoms with E-state index in [-0.39, 0.29) is 11.9 Å². The number of rotatable bonds is 3. The number of nitrogens with two attached hydrogens (primary N) is 1. The molecule has 2 aromatic rings. The van der Waals surface area contributed by atoms with Gasteiger partial charge in [-0.1, -0.05) is 0 Å². The highest BCUT2D eigenvalue weighted by Gasteiger charge is 2.16. The fourth-order valence-electron chi connectivity index (χ4n) is 1.83. The number of amides is 1. The van der Waals surface area contributed by atoms with Crippen LogP contribution in [0.5, 0.6) is 0 Å². The standard InChI is InChI=1S/C14H18N4O/c1-9-8-12(15)4-5-13(9)16-14(19)11(3)18-7-6-10(2)17-18/h4-8,11H,15H2,1-3H3,(H,16,19). The Kier molecular flexibility index (Phi) is 3.55. The van der Waals surface area contributed by atoms with Crippen LogP contribution in [0.2, 0.25) is 0 Å². The first kappa shape index (κ1) is 13.1. The summed E-state index contributed by atoms with van der Waals surface area (Å²) >= 11 is 0. The number of nitrogens with zero attached hydrogens (tertiary/aromatic N) is 2. The Labute approximate surface area is 112 Å². The van der Waals surface area contributed by atoms with Crippen molar-refractivity contribution in [2.45, 2.75) is 26.8 Å². The van der Waals surface area contributed by atoms with Gasteiger partial charge in [-0.3, -0.25) is 9.48 Å². The normalized spacial score (nSPS) is 12.2. The first-order valence-electron chi connectivity index (χ1n) is 6.16. The summed E-state index contributed by atoms with van der Waals surface area (Å²) in [4.78, 5) is 12.2. The number of aryl methyl sites for hydroxylation is 2. The molecule has 0 radical (unpaired) electrons. The van der Waals surface area contributed by atoms with Gasteiger partial charge in [-0.2, -0.15) is 5.10 Å². The lowest BCUT2D eigenvalue weighted by molar-refractivity contribution is -0.119. The molecular weight excluding hydrogens is 240 g/mol. The lowest BCUT2D eigenvalue weighted by Gasteiger charge is -2.14. The first-order chi connectivity index (χ1) is 8.97. The monoisotopic (exact) mass is 258 g/mol. The van der Waals surface area contributed by atoms with Gasteiger partial charge in [0, 0.05) is 17.6 Å². The third-order valence-corrected chi connectivity index (χ3v) is 3.03. The molecule has 0 aliphatic rings. The van der Waals surface area contributed by atoms with Crippen molar-refractivity contribution in [2.24, 2.45) is 0 Å². The van der Waals surface area contributed by atoms with E-state index in [1.165, 1.54) is 0 Å². The first-order valence-corrected chi connectivity index (χ1v) is 6.16. The highest BCUT2D eigenvalue weighted by atomic mass is 16.2. The smallest absolute Gasteiger partial charge is 0.248 e. The highest BCUT2D eigenvalue weighted by Crippen LogP contribution is 2.19. The molecule has 0 spiro atoms. The molecule has 1 aromatic heterocycles. The fraction of sp³-hybridized carbons (Fsp3) is 0.286. The maximum absolute atomic E-state index is 12.2. The molecule has 19 heavy (non-hydrogen) atoms. The SMILES string of the molecule is Cc1ccn(C(C)C(=O)Nc2ccc(N)cc2C)n1. The molecule has 100 valence electrons. The second kappa shape index (κ2) is 5.14. The molecule has 2 rings (SSSR count). The number of hydrogen-bond acceptors (Lipinski definition) is 3. The minimum Gasteiger partial charge on any atom is -0.399 e. The molecule has 5 heteroatoms. The summed E-state index contributed by atoms with van der Waals surface area (Å²) in [5.41, 5.74) is 8.98. The van der Waals surface area contributed by atoms with Crippen LogP contribution in [0.15, 0.2) is 30.5 Å². The molecule has 1 unspecified atom stereocenters. The molecule has 1 atom stereocenters. The Morgan fingerprint density at radius 1 is 1.37 bits per heavy atom. The Morgan fingerprint density at radius 2 is 2.11 bits per heavy atom. The summed E-state index contributed by atoms with van der Waals surface area (Å²) in [6.45, 7) is 5.62. The van der Waals surface area contributed by atoms with Gasteiger partial charge in [0.05, 0.1) is 5.69 Å².